The standard InChI is InChI=1S/C17H18N2O6S2/c1-3-26-17-13(18-14(21)12(9(2)20)15(18)27-17)16(22)25-8-10-4-6-11(7-5-10)19(23)24/h4-7,9,12,15,20H,3,8H2,1-2H3/t9?,12?,15-/m1/s1. The Morgan fingerprint density at radius 3 is 2.67 bits per heavy atom. The molecule has 1 amide bonds. The number of hydrogen-bond acceptors (Lipinski definition) is 8. The lowest BCUT2D eigenvalue weighted by molar-refractivity contribution is -0.384. The van der Waals surface area contributed by atoms with Crippen LogP contribution < -0.4 is 0 Å². The molecule has 2 aliphatic heterocycles. The van der Waals surface area contributed by atoms with Gasteiger partial charge in [0, 0.05) is 12.1 Å². The number of aliphatic hydroxyl groups is 1. The van der Waals surface area contributed by atoms with E-state index in [0.717, 1.165) is 5.75 Å². The first-order valence-electron chi connectivity index (χ1n) is 8.30. The molecule has 0 radical (unpaired) electrons. The van der Waals surface area contributed by atoms with Crippen molar-refractivity contribution in [3.63, 3.8) is 0 Å². The highest BCUT2D eigenvalue weighted by atomic mass is 32.2. The molecule has 27 heavy (non-hydrogen) atoms. The van der Waals surface area contributed by atoms with Crippen LogP contribution in [0.5, 0.6) is 0 Å². The van der Waals surface area contributed by atoms with Crippen LogP contribution in [0.15, 0.2) is 34.2 Å². The average Bonchev–Trinajstić information content (AvgIpc) is 2.94. The van der Waals surface area contributed by atoms with E-state index in [1.165, 1.54) is 52.7 Å². The number of nitrogens with zero attached hydrogens (tertiary/aromatic N) is 2. The minimum Gasteiger partial charge on any atom is -0.456 e. The molecule has 10 heteroatoms. The number of nitro groups is 1. The summed E-state index contributed by atoms with van der Waals surface area (Å²) >= 11 is 2.86. The molecule has 2 aliphatic rings. The predicted molar refractivity (Wildman–Crippen MR) is 101 cm³/mol. The van der Waals surface area contributed by atoms with Gasteiger partial charge in [-0.15, -0.1) is 11.8 Å². The van der Waals surface area contributed by atoms with Gasteiger partial charge in [-0.3, -0.25) is 19.8 Å². The zero-order valence-corrected chi connectivity index (χ0v) is 16.3. The number of fused-ring (bicyclic) bond motifs is 1. The number of hydrogen-bond donors (Lipinski definition) is 1. The van der Waals surface area contributed by atoms with E-state index in [1.54, 1.807) is 6.92 Å². The van der Waals surface area contributed by atoms with Gasteiger partial charge in [0.15, 0.2) is 5.70 Å². The van der Waals surface area contributed by atoms with E-state index in [0.29, 0.717) is 9.80 Å². The van der Waals surface area contributed by atoms with Gasteiger partial charge in [-0.2, -0.15) is 0 Å². The fourth-order valence-electron chi connectivity index (χ4n) is 2.90. The molecule has 1 aromatic rings. The first kappa shape index (κ1) is 19.7. The van der Waals surface area contributed by atoms with Crippen molar-refractivity contribution in [2.24, 2.45) is 5.92 Å². The first-order chi connectivity index (χ1) is 12.8. The lowest BCUT2D eigenvalue weighted by atomic mass is 9.92. The van der Waals surface area contributed by atoms with Crippen molar-refractivity contribution >= 4 is 41.1 Å². The summed E-state index contributed by atoms with van der Waals surface area (Å²) in [5.74, 6) is -0.689. The Bertz CT molecular complexity index is 808. The largest absolute Gasteiger partial charge is 0.456 e. The third kappa shape index (κ3) is 3.69. The molecule has 2 unspecified atom stereocenters. The van der Waals surface area contributed by atoms with Crippen molar-refractivity contribution < 1.29 is 24.4 Å². The van der Waals surface area contributed by atoms with E-state index in [2.05, 4.69) is 0 Å². The number of non-ortho nitro benzene ring substituents is 1. The van der Waals surface area contributed by atoms with Crippen LogP contribution in [0.3, 0.4) is 0 Å². The number of amides is 1. The SMILES string of the molecule is CCSC1=C(C(=O)OCc2ccc([N+](=O)[O-])cc2)N2C(=O)C(C(C)O)[C@H]2S1. The molecule has 1 fully saturated rings. The number of ether oxygens (including phenoxy) is 1. The molecule has 0 bridgehead atoms. The Morgan fingerprint density at radius 2 is 2.11 bits per heavy atom. The smallest absolute Gasteiger partial charge is 0.357 e. The Kier molecular flexibility index (Phi) is 5.78. The van der Waals surface area contributed by atoms with Crippen molar-refractivity contribution in [2.45, 2.75) is 31.9 Å². The minimum atomic E-state index is -0.783. The summed E-state index contributed by atoms with van der Waals surface area (Å²) in [7, 11) is 0. The van der Waals surface area contributed by atoms with E-state index in [-0.39, 0.29) is 29.3 Å². The minimum absolute atomic E-state index is 0.0419. The molecule has 1 N–H and O–H groups in total. The summed E-state index contributed by atoms with van der Waals surface area (Å²) < 4.78 is 6.05. The number of thioether (sulfide) groups is 2. The van der Waals surface area contributed by atoms with E-state index in [4.69, 9.17) is 4.74 Å². The Balaban J connectivity index is 1.71. The van der Waals surface area contributed by atoms with Crippen LogP contribution in [0.1, 0.15) is 19.4 Å². The van der Waals surface area contributed by atoms with Gasteiger partial charge >= 0.3 is 5.97 Å². The number of β-lactam (4-membered cyclic amide) rings is 1. The normalized spacial score (nSPS) is 22.3. The molecule has 0 saturated carbocycles. The summed E-state index contributed by atoms with van der Waals surface area (Å²) in [5.41, 5.74) is 0.790. The summed E-state index contributed by atoms with van der Waals surface area (Å²) in [5, 5.41) is 20.2. The number of rotatable bonds is 7. The lowest BCUT2D eigenvalue weighted by Crippen LogP contribution is -2.60. The highest BCUT2D eigenvalue weighted by molar-refractivity contribution is 8.22. The highest BCUT2D eigenvalue weighted by Crippen LogP contribution is 2.53. The van der Waals surface area contributed by atoms with Gasteiger partial charge in [-0.25, -0.2) is 4.79 Å². The van der Waals surface area contributed by atoms with Crippen LogP contribution in [-0.4, -0.2) is 44.0 Å². The van der Waals surface area contributed by atoms with Gasteiger partial charge < -0.3 is 9.84 Å². The maximum atomic E-state index is 12.6. The van der Waals surface area contributed by atoms with Gasteiger partial charge in [-0.05, 0) is 30.4 Å². The van der Waals surface area contributed by atoms with Crippen molar-refractivity contribution in [1.29, 1.82) is 0 Å². The Hall–Kier alpha value is -2.04. The first-order valence-corrected chi connectivity index (χ1v) is 10.2. The number of aliphatic hydroxyl groups excluding tert-OH is 1. The van der Waals surface area contributed by atoms with Crippen molar-refractivity contribution in [3.8, 4) is 0 Å². The maximum absolute atomic E-state index is 12.6. The number of carbonyl (C=O) groups is 2. The molecule has 3 rings (SSSR count). The summed E-state index contributed by atoms with van der Waals surface area (Å²) in [6.07, 6.45) is -0.783. The molecule has 0 aromatic heterocycles. The van der Waals surface area contributed by atoms with Crippen molar-refractivity contribution in [2.75, 3.05) is 5.75 Å². The Morgan fingerprint density at radius 1 is 1.44 bits per heavy atom. The van der Waals surface area contributed by atoms with E-state index in [1.807, 2.05) is 6.92 Å². The van der Waals surface area contributed by atoms with Crippen LogP contribution in [0, 0.1) is 16.0 Å². The van der Waals surface area contributed by atoms with E-state index >= 15 is 0 Å². The van der Waals surface area contributed by atoms with Crippen molar-refractivity contribution in [3.05, 3.63) is 49.9 Å². The Labute approximate surface area is 164 Å². The molecule has 1 aromatic carbocycles. The quantitative estimate of drug-likeness (QED) is 0.316. The number of nitro benzene ring substituents is 1. The third-order valence-electron chi connectivity index (χ3n) is 4.25. The topological polar surface area (TPSA) is 110 Å². The second-order valence-corrected chi connectivity index (χ2v) is 8.71. The number of esters is 1. The summed E-state index contributed by atoms with van der Waals surface area (Å²) in [4.78, 5) is 36.6. The fourth-order valence-corrected chi connectivity index (χ4v) is 5.72. The molecular weight excluding hydrogens is 392 g/mol. The molecule has 1 saturated heterocycles. The van der Waals surface area contributed by atoms with E-state index in [9.17, 15) is 24.8 Å². The number of benzene rings is 1. The van der Waals surface area contributed by atoms with Gasteiger partial charge in [0.2, 0.25) is 5.91 Å². The monoisotopic (exact) mass is 410 g/mol. The molecule has 0 spiro atoms. The van der Waals surface area contributed by atoms with Crippen LogP contribution in [0.4, 0.5) is 5.69 Å². The highest BCUT2D eigenvalue weighted by Gasteiger charge is 2.57. The molecule has 2 heterocycles. The second-order valence-electron chi connectivity index (χ2n) is 6.05. The molecule has 8 nitrogen and oxygen atoms in total. The van der Waals surface area contributed by atoms with Gasteiger partial charge in [0.25, 0.3) is 5.69 Å². The number of carbonyl (C=O) groups excluding carboxylic acids is 2. The predicted octanol–water partition coefficient (Wildman–Crippen LogP) is 2.47. The third-order valence-corrected chi connectivity index (χ3v) is 6.79. The van der Waals surface area contributed by atoms with Gasteiger partial charge in [-0.1, -0.05) is 18.7 Å². The van der Waals surface area contributed by atoms with Crippen LogP contribution in [-0.2, 0) is 20.9 Å². The average molecular weight is 410 g/mol. The lowest BCUT2D eigenvalue weighted by Gasteiger charge is -2.43. The van der Waals surface area contributed by atoms with Crippen LogP contribution in [0.25, 0.3) is 0 Å². The fraction of sp³-hybridized carbons (Fsp3) is 0.412. The maximum Gasteiger partial charge on any atom is 0.357 e. The van der Waals surface area contributed by atoms with Crippen LogP contribution >= 0.6 is 23.5 Å². The van der Waals surface area contributed by atoms with Crippen LogP contribution in [0.2, 0.25) is 0 Å². The zero-order valence-electron chi connectivity index (χ0n) is 14.7. The molecular formula is C17H18N2O6S2. The van der Waals surface area contributed by atoms with Crippen molar-refractivity contribution in [1.82, 2.24) is 4.90 Å². The summed E-state index contributed by atoms with van der Waals surface area (Å²) in [6.45, 7) is 3.46. The molecule has 144 valence electrons. The second kappa shape index (κ2) is 7.91. The zero-order chi connectivity index (χ0) is 19.7. The van der Waals surface area contributed by atoms with Gasteiger partial charge in [0.05, 0.1) is 21.2 Å². The molecule has 0 aliphatic carbocycles. The molecule has 3 atom stereocenters. The van der Waals surface area contributed by atoms with Gasteiger partial charge in [0.1, 0.15) is 12.0 Å². The van der Waals surface area contributed by atoms with E-state index < -0.39 is 22.9 Å². The summed E-state index contributed by atoms with van der Waals surface area (Å²) in [6, 6.07) is 5.72.